The van der Waals surface area contributed by atoms with Crippen LogP contribution in [0.2, 0.25) is 0 Å². The molecule has 10 heteroatoms. The summed E-state index contributed by atoms with van der Waals surface area (Å²) >= 11 is 0. The van der Waals surface area contributed by atoms with Crippen LogP contribution in [0, 0.1) is 30.3 Å². The Morgan fingerprint density at radius 1 is 0.708 bits per heavy atom. The van der Waals surface area contributed by atoms with Crippen molar-refractivity contribution in [2.45, 2.75) is 0 Å². The van der Waals surface area contributed by atoms with Crippen LogP contribution in [0.5, 0.6) is 0 Å². The molecule has 0 heterocycles. The smallest absolute Gasteiger partial charge is 0.283 e. The van der Waals surface area contributed by atoms with E-state index < -0.39 is 31.8 Å². The van der Waals surface area contributed by atoms with E-state index in [0.717, 1.165) is 0 Å². The Bertz CT molecular complexity index is 669. The third kappa shape index (κ3) is 5.33. The first-order valence-electron chi connectivity index (χ1n) is 6.53. The number of nitrogens with zero attached hydrogens (tertiary/aromatic N) is 4. The minimum Gasteiger partial charge on any atom is -0.378 e. The van der Waals surface area contributed by atoms with Crippen molar-refractivity contribution in [1.29, 1.82) is 0 Å². The van der Waals surface area contributed by atoms with Crippen LogP contribution < -0.4 is 4.90 Å². The second-order valence-corrected chi connectivity index (χ2v) is 4.71. The normalized spacial score (nSPS) is 9.42. The number of non-ortho nitro benzene ring substituents is 3. The maximum absolute atomic E-state index is 10.3. The third-order valence-electron chi connectivity index (χ3n) is 2.79. The molecule has 0 spiro atoms. The maximum Gasteiger partial charge on any atom is 0.283 e. The van der Waals surface area contributed by atoms with Gasteiger partial charge < -0.3 is 4.90 Å². The van der Waals surface area contributed by atoms with E-state index in [9.17, 15) is 30.3 Å². The molecule has 0 aliphatic heterocycles. The maximum atomic E-state index is 10.3. The van der Waals surface area contributed by atoms with Gasteiger partial charge in [-0.25, -0.2) is 0 Å². The molecule has 126 valence electrons. The molecule has 24 heavy (non-hydrogen) atoms. The van der Waals surface area contributed by atoms with Crippen molar-refractivity contribution >= 4 is 22.7 Å². The van der Waals surface area contributed by atoms with E-state index in [1.54, 1.807) is 0 Å². The van der Waals surface area contributed by atoms with Gasteiger partial charge in [0.15, 0.2) is 0 Å². The van der Waals surface area contributed by atoms with Gasteiger partial charge in [0.2, 0.25) is 0 Å². The average molecular weight is 334 g/mol. The molecule has 2 aromatic carbocycles. The molecule has 2 aromatic rings. The zero-order valence-electron chi connectivity index (χ0n) is 12.9. The monoisotopic (exact) mass is 334 g/mol. The molecule has 0 unspecified atom stereocenters. The van der Waals surface area contributed by atoms with Crippen LogP contribution in [0.25, 0.3) is 0 Å². The summed E-state index contributed by atoms with van der Waals surface area (Å²) < 4.78 is 0. The van der Waals surface area contributed by atoms with Crippen molar-refractivity contribution in [2.75, 3.05) is 19.0 Å². The number of rotatable bonds is 4. The van der Waals surface area contributed by atoms with Gasteiger partial charge in [-0.3, -0.25) is 30.3 Å². The lowest BCUT2D eigenvalue weighted by Gasteiger charge is -2.10. The molecular weight excluding hydrogens is 320 g/mol. The minimum atomic E-state index is -0.931. The van der Waals surface area contributed by atoms with Gasteiger partial charge in [-0.2, -0.15) is 0 Å². The zero-order valence-corrected chi connectivity index (χ0v) is 12.9. The lowest BCUT2D eigenvalue weighted by Crippen LogP contribution is -2.07. The van der Waals surface area contributed by atoms with Crippen molar-refractivity contribution in [3.05, 3.63) is 78.9 Å². The number of benzene rings is 2. The third-order valence-corrected chi connectivity index (χ3v) is 2.79. The molecule has 0 aromatic heterocycles. The fourth-order valence-electron chi connectivity index (χ4n) is 1.62. The first-order valence-corrected chi connectivity index (χ1v) is 6.53. The number of para-hydroxylation sites is 1. The van der Waals surface area contributed by atoms with Crippen molar-refractivity contribution < 1.29 is 14.8 Å². The average Bonchev–Trinajstić information content (AvgIpc) is 2.55. The van der Waals surface area contributed by atoms with E-state index in [4.69, 9.17) is 0 Å². The summed E-state index contributed by atoms with van der Waals surface area (Å²) in [5, 5.41) is 30.9. The number of hydrogen-bond acceptors (Lipinski definition) is 7. The van der Waals surface area contributed by atoms with Gasteiger partial charge in [-0.15, -0.1) is 0 Å². The molecule has 0 fully saturated rings. The summed E-state index contributed by atoms with van der Waals surface area (Å²) in [6, 6.07) is 12.2. The molecule has 0 atom stereocenters. The van der Waals surface area contributed by atoms with Gasteiger partial charge >= 0.3 is 0 Å². The topological polar surface area (TPSA) is 133 Å². The summed E-state index contributed by atoms with van der Waals surface area (Å²) in [6.45, 7) is 0. The van der Waals surface area contributed by atoms with Gasteiger partial charge in [0.1, 0.15) is 0 Å². The molecule has 0 saturated carbocycles. The fraction of sp³-hybridized carbons (Fsp3) is 0.143. The van der Waals surface area contributed by atoms with E-state index in [2.05, 4.69) is 17.0 Å². The van der Waals surface area contributed by atoms with Crippen molar-refractivity contribution in [3.63, 3.8) is 0 Å². The number of anilines is 1. The second kappa shape index (κ2) is 8.17. The van der Waals surface area contributed by atoms with E-state index in [1.807, 2.05) is 32.3 Å². The van der Waals surface area contributed by atoms with Gasteiger partial charge in [0.25, 0.3) is 17.1 Å². The summed E-state index contributed by atoms with van der Waals surface area (Å²) in [4.78, 5) is 30.2. The van der Waals surface area contributed by atoms with Crippen LogP contribution in [-0.4, -0.2) is 28.9 Å². The van der Waals surface area contributed by atoms with Gasteiger partial charge in [0.05, 0.1) is 33.0 Å². The van der Waals surface area contributed by atoms with Crippen LogP contribution >= 0.6 is 0 Å². The SMILES string of the molecule is CN(C)c1ccccc1.O=[N+]([O-])c1cc([N+](=O)[O-])cc([N+](=O)[O-])c1. The highest BCUT2D eigenvalue weighted by atomic mass is 16.6. The first-order chi connectivity index (χ1) is 11.2. The second-order valence-electron chi connectivity index (χ2n) is 4.71. The molecule has 0 radical (unpaired) electrons. The summed E-state index contributed by atoms with van der Waals surface area (Å²) in [5.74, 6) is 0. The van der Waals surface area contributed by atoms with Crippen LogP contribution in [0.4, 0.5) is 22.7 Å². The Labute approximate surface area is 136 Å². The quantitative estimate of drug-likeness (QED) is 0.619. The Morgan fingerprint density at radius 3 is 1.25 bits per heavy atom. The van der Waals surface area contributed by atoms with Crippen LogP contribution in [0.1, 0.15) is 0 Å². The van der Waals surface area contributed by atoms with Crippen LogP contribution in [0.15, 0.2) is 48.5 Å². The molecule has 0 bridgehead atoms. The standard InChI is InChI=1S/C8H11N.C6H3N3O6/c1-9(2)8-6-4-3-5-7-8;10-7(11)4-1-5(8(12)13)3-6(2-4)9(14)15/h3-7H,1-2H3;1-3H. The molecule has 0 saturated heterocycles. The van der Waals surface area contributed by atoms with Crippen LogP contribution in [0.3, 0.4) is 0 Å². The summed E-state index contributed by atoms with van der Waals surface area (Å²) in [6.07, 6.45) is 0. The Morgan fingerprint density at radius 2 is 1.04 bits per heavy atom. The van der Waals surface area contributed by atoms with E-state index in [1.165, 1.54) is 5.69 Å². The molecule has 0 aliphatic carbocycles. The van der Waals surface area contributed by atoms with E-state index >= 15 is 0 Å². The van der Waals surface area contributed by atoms with E-state index in [0.29, 0.717) is 18.2 Å². The van der Waals surface area contributed by atoms with Crippen molar-refractivity contribution in [1.82, 2.24) is 0 Å². The van der Waals surface area contributed by atoms with Crippen molar-refractivity contribution in [2.24, 2.45) is 0 Å². The first kappa shape index (κ1) is 18.5. The molecule has 0 N–H and O–H groups in total. The Hall–Kier alpha value is -3.56. The highest BCUT2D eigenvalue weighted by Crippen LogP contribution is 2.26. The fourth-order valence-corrected chi connectivity index (χ4v) is 1.62. The molecule has 0 amide bonds. The largest absolute Gasteiger partial charge is 0.378 e. The Kier molecular flexibility index (Phi) is 6.30. The number of nitro benzene ring substituents is 3. The minimum absolute atomic E-state index is 0.660. The predicted molar refractivity (Wildman–Crippen MR) is 87.2 cm³/mol. The predicted octanol–water partition coefficient (Wildman–Crippen LogP) is 3.16. The zero-order chi connectivity index (χ0) is 18.3. The molecular formula is C14H14N4O6. The van der Waals surface area contributed by atoms with Crippen LogP contribution in [-0.2, 0) is 0 Å². The molecule has 2 rings (SSSR count). The van der Waals surface area contributed by atoms with E-state index in [-0.39, 0.29) is 0 Å². The Balaban J connectivity index is 0.000000272. The highest BCUT2D eigenvalue weighted by molar-refractivity contribution is 5.52. The number of nitro groups is 3. The van der Waals surface area contributed by atoms with Gasteiger partial charge in [-0.05, 0) is 12.1 Å². The van der Waals surface area contributed by atoms with Gasteiger partial charge in [-0.1, -0.05) is 18.2 Å². The van der Waals surface area contributed by atoms with Gasteiger partial charge in [0, 0.05) is 19.8 Å². The molecule has 10 nitrogen and oxygen atoms in total. The number of hydrogen-bond donors (Lipinski definition) is 0. The lowest BCUT2D eigenvalue weighted by atomic mass is 10.2. The highest BCUT2D eigenvalue weighted by Gasteiger charge is 2.21. The molecule has 0 aliphatic rings. The lowest BCUT2D eigenvalue weighted by molar-refractivity contribution is -0.403. The summed E-state index contributed by atoms with van der Waals surface area (Å²) in [7, 11) is 4.07. The summed E-state index contributed by atoms with van der Waals surface area (Å²) in [5.41, 5.74) is -0.805. The van der Waals surface area contributed by atoms with Crippen molar-refractivity contribution in [3.8, 4) is 0 Å².